The highest BCUT2D eigenvalue weighted by Gasteiger charge is 2.58. The second-order valence-corrected chi connectivity index (χ2v) is 12.2. The molecule has 5 rings (SSSR count). The van der Waals surface area contributed by atoms with Crippen LogP contribution in [0.3, 0.4) is 0 Å². The Morgan fingerprint density at radius 1 is 1.06 bits per heavy atom. The number of esters is 1. The number of hydrogen-bond acceptors (Lipinski definition) is 4. The van der Waals surface area contributed by atoms with Crippen LogP contribution in [-0.4, -0.2) is 30.4 Å². The van der Waals surface area contributed by atoms with Crippen molar-refractivity contribution in [1.82, 2.24) is 0 Å². The van der Waals surface area contributed by atoms with Crippen LogP contribution in [0, 0.1) is 23.2 Å². The Hall–Kier alpha value is -1.33. The van der Waals surface area contributed by atoms with E-state index in [4.69, 9.17) is 14.0 Å². The van der Waals surface area contributed by atoms with Crippen molar-refractivity contribution < 1.29 is 18.8 Å². The minimum Gasteiger partial charge on any atom is -0.462 e. The molecular formula is C27H39BO4. The van der Waals surface area contributed by atoms with Gasteiger partial charge in [0.2, 0.25) is 0 Å². The van der Waals surface area contributed by atoms with Gasteiger partial charge in [0, 0.05) is 12.3 Å². The second-order valence-electron chi connectivity index (χ2n) is 12.2. The number of hydrogen-bond donors (Lipinski definition) is 0. The molecule has 174 valence electrons. The summed E-state index contributed by atoms with van der Waals surface area (Å²) in [5.41, 5.74) is 3.64. The summed E-state index contributed by atoms with van der Waals surface area (Å²) in [5, 5.41) is 0. The predicted molar refractivity (Wildman–Crippen MR) is 127 cm³/mol. The first-order valence-corrected chi connectivity index (χ1v) is 12.6. The zero-order chi connectivity index (χ0) is 23.1. The zero-order valence-corrected chi connectivity index (χ0v) is 20.9. The van der Waals surface area contributed by atoms with Crippen molar-refractivity contribution in [3.8, 4) is 0 Å². The molecule has 0 N–H and O–H groups in total. The Morgan fingerprint density at radius 2 is 1.75 bits per heavy atom. The van der Waals surface area contributed by atoms with Crippen molar-refractivity contribution in [2.45, 2.75) is 104 Å². The molecule has 0 radical (unpaired) electrons. The molecule has 1 aromatic carbocycles. The van der Waals surface area contributed by atoms with Crippen molar-refractivity contribution in [2.24, 2.45) is 23.2 Å². The molecule has 3 fully saturated rings. The molecule has 1 aliphatic heterocycles. The van der Waals surface area contributed by atoms with Crippen LogP contribution in [-0.2, 0) is 25.3 Å². The van der Waals surface area contributed by atoms with Gasteiger partial charge in [0.15, 0.2) is 0 Å². The van der Waals surface area contributed by atoms with Crippen LogP contribution < -0.4 is 5.46 Å². The minimum atomic E-state index is -0.319. The summed E-state index contributed by atoms with van der Waals surface area (Å²) in [6.07, 6.45) is 5.72. The first-order valence-electron chi connectivity index (χ1n) is 12.6. The van der Waals surface area contributed by atoms with Crippen LogP contribution in [0.2, 0.25) is 0 Å². The highest BCUT2D eigenvalue weighted by molar-refractivity contribution is 6.62. The summed E-state index contributed by atoms with van der Waals surface area (Å²) < 4.78 is 18.5. The molecule has 0 aromatic heterocycles. The van der Waals surface area contributed by atoms with Crippen molar-refractivity contribution in [1.29, 1.82) is 0 Å². The Balaban J connectivity index is 1.42. The van der Waals surface area contributed by atoms with Gasteiger partial charge in [-0.1, -0.05) is 32.0 Å². The first kappa shape index (κ1) is 22.5. The molecule has 4 aliphatic rings. The largest absolute Gasteiger partial charge is 0.494 e. The van der Waals surface area contributed by atoms with Crippen LogP contribution in [0.25, 0.3) is 0 Å². The van der Waals surface area contributed by atoms with Gasteiger partial charge in [-0.25, -0.2) is 0 Å². The molecule has 4 nitrogen and oxygen atoms in total. The van der Waals surface area contributed by atoms with Crippen molar-refractivity contribution in [3.05, 3.63) is 29.3 Å². The number of rotatable bonds is 2. The topological polar surface area (TPSA) is 44.8 Å². The van der Waals surface area contributed by atoms with E-state index >= 15 is 0 Å². The van der Waals surface area contributed by atoms with Crippen molar-refractivity contribution in [3.63, 3.8) is 0 Å². The summed E-state index contributed by atoms with van der Waals surface area (Å²) >= 11 is 0. The zero-order valence-electron chi connectivity index (χ0n) is 20.9. The fraction of sp³-hybridized carbons (Fsp3) is 0.741. The third kappa shape index (κ3) is 3.29. The lowest BCUT2D eigenvalue weighted by atomic mass is 9.52. The van der Waals surface area contributed by atoms with E-state index in [-0.39, 0.29) is 35.8 Å². The molecule has 2 saturated carbocycles. The van der Waals surface area contributed by atoms with E-state index in [9.17, 15) is 4.79 Å². The fourth-order valence-electron chi connectivity index (χ4n) is 7.47. The van der Waals surface area contributed by atoms with E-state index in [1.54, 1.807) is 6.92 Å². The summed E-state index contributed by atoms with van der Waals surface area (Å²) in [5.74, 6) is 2.41. The number of carbonyl (C=O) groups is 1. The summed E-state index contributed by atoms with van der Waals surface area (Å²) in [6.45, 7) is 14.8. The van der Waals surface area contributed by atoms with E-state index in [2.05, 4.69) is 59.7 Å². The summed E-state index contributed by atoms with van der Waals surface area (Å²) in [4.78, 5) is 11.7. The average Bonchev–Trinajstić information content (AvgIpc) is 3.13. The molecule has 5 heteroatoms. The Labute approximate surface area is 193 Å². The highest BCUT2D eigenvalue weighted by atomic mass is 16.7. The molecular weight excluding hydrogens is 399 g/mol. The molecule has 0 amide bonds. The number of ether oxygens (including phenoxy) is 1. The van der Waals surface area contributed by atoms with Gasteiger partial charge < -0.3 is 14.0 Å². The third-order valence-electron chi connectivity index (χ3n) is 9.84. The molecule has 3 aliphatic carbocycles. The number of fused-ring (bicyclic) bond motifs is 5. The summed E-state index contributed by atoms with van der Waals surface area (Å²) in [6, 6.07) is 6.95. The van der Waals surface area contributed by atoms with Crippen LogP contribution in [0.15, 0.2) is 18.2 Å². The van der Waals surface area contributed by atoms with Gasteiger partial charge in [-0.15, -0.1) is 0 Å². The van der Waals surface area contributed by atoms with E-state index in [0.29, 0.717) is 23.7 Å². The fourth-order valence-corrected chi connectivity index (χ4v) is 7.47. The minimum absolute atomic E-state index is 0.0882. The van der Waals surface area contributed by atoms with E-state index in [1.165, 1.54) is 24.0 Å². The van der Waals surface area contributed by atoms with Crippen LogP contribution in [0.5, 0.6) is 0 Å². The third-order valence-corrected chi connectivity index (χ3v) is 9.84. The van der Waals surface area contributed by atoms with E-state index < -0.39 is 0 Å². The van der Waals surface area contributed by atoms with Crippen LogP contribution in [0.4, 0.5) is 0 Å². The maximum absolute atomic E-state index is 11.7. The molecule has 0 bridgehead atoms. The molecule has 0 spiro atoms. The summed E-state index contributed by atoms with van der Waals surface area (Å²) in [7, 11) is -0.299. The van der Waals surface area contributed by atoms with Crippen LogP contribution in [0.1, 0.15) is 91.2 Å². The lowest BCUT2D eigenvalue weighted by Crippen LogP contribution is -2.47. The van der Waals surface area contributed by atoms with Gasteiger partial charge in [-0.2, -0.15) is 0 Å². The molecule has 1 heterocycles. The van der Waals surface area contributed by atoms with Gasteiger partial charge in [0.25, 0.3) is 0 Å². The smallest absolute Gasteiger partial charge is 0.462 e. The van der Waals surface area contributed by atoms with Gasteiger partial charge in [-0.3, -0.25) is 4.79 Å². The van der Waals surface area contributed by atoms with Gasteiger partial charge >= 0.3 is 13.1 Å². The van der Waals surface area contributed by atoms with Crippen molar-refractivity contribution >= 4 is 18.6 Å². The Kier molecular flexibility index (Phi) is 5.15. The maximum atomic E-state index is 11.7. The lowest BCUT2D eigenvalue weighted by Gasteiger charge is -2.52. The molecule has 32 heavy (non-hydrogen) atoms. The number of benzene rings is 1. The molecule has 6 atom stereocenters. The number of carbonyl (C=O) groups excluding carboxylic acids is 1. The Bertz CT molecular complexity index is 908. The Morgan fingerprint density at radius 3 is 2.41 bits per heavy atom. The predicted octanol–water partition coefficient (Wildman–Crippen LogP) is 5.02. The van der Waals surface area contributed by atoms with Crippen molar-refractivity contribution in [2.75, 3.05) is 0 Å². The molecule has 1 aromatic rings. The normalized spacial score (nSPS) is 39.2. The SMILES string of the molecule is CC(=O)O[C@H]1CC[C@H]2[C@@H]3[C@H](C)Cc4cc(B5OC(C)(C)C(C)(C)O5)ccc4[C@H]3CC[C@]12C. The van der Waals surface area contributed by atoms with Crippen LogP contribution >= 0.6 is 0 Å². The van der Waals surface area contributed by atoms with Gasteiger partial charge in [0.05, 0.1) is 11.2 Å². The van der Waals surface area contributed by atoms with E-state index in [1.807, 2.05) is 0 Å². The highest BCUT2D eigenvalue weighted by Crippen LogP contribution is 2.62. The average molecular weight is 438 g/mol. The maximum Gasteiger partial charge on any atom is 0.494 e. The monoisotopic (exact) mass is 438 g/mol. The quantitative estimate of drug-likeness (QED) is 0.481. The second kappa shape index (κ2) is 7.34. The lowest BCUT2D eigenvalue weighted by molar-refractivity contribution is -0.155. The van der Waals surface area contributed by atoms with Gasteiger partial charge in [-0.05, 0) is 100 Å². The molecule has 1 saturated heterocycles. The first-order chi connectivity index (χ1) is 14.9. The standard InChI is InChI=1S/C27H39BO4/c1-16-14-18-15-19(28-31-25(3,4)26(5,6)32-28)8-9-20(18)21-12-13-27(7)22(24(16)21)10-11-23(27)30-17(2)29/h8-9,15-16,21-24H,10-14H2,1-7H3/t16-,21-,22+,23+,24-,27+/m1/s1. The molecule has 0 unspecified atom stereocenters. The van der Waals surface area contributed by atoms with Gasteiger partial charge in [0.1, 0.15) is 6.10 Å². The van der Waals surface area contributed by atoms with E-state index in [0.717, 1.165) is 24.7 Å².